The fourth-order valence-corrected chi connectivity index (χ4v) is 6.54. The van der Waals surface area contributed by atoms with Crippen LogP contribution < -0.4 is 4.72 Å². The summed E-state index contributed by atoms with van der Waals surface area (Å²) in [6.07, 6.45) is 3.10. The van der Waals surface area contributed by atoms with Crippen LogP contribution in [-0.2, 0) is 36.1 Å². The normalized spacial score (nSPS) is 21.8. The van der Waals surface area contributed by atoms with E-state index < -0.39 is 20.0 Å². The highest BCUT2D eigenvalue weighted by atomic mass is 32.2. The van der Waals surface area contributed by atoms with Gasteiger partial charge in [0.15, 0.2) is 0 Å². The molecule has 2 fully saturated rings. The SMILES string of the molecule is Cc1ccc(CN(C[C@H]2CCCO2)S(=O)(=O)c2ccc(S(=O)(=O)NC[C@@H]3CCCO3)cc2)o1. The van der Waals surface area contributed by atoms with E-state index in [1.165, 1.54) is 28.6 Å². The van der Waals surface area contributed by atoms with Crippen LogP contribution in [0.2, 0.25) is 0 Å². The molecule has 0 amide bonds. The van der Waals surface area contributed by atoms with Crippen molar-refractivity contribution in [2.45, 2.75) is 61.2 Å². The number of hydrogen-bond acceptors (Lipinski definition) is 7. The summed E-state index contributed by atoms with van der Waals surface area (Å²) in [6.45, 7) is 3.52. The van der Waals surface area contributed by atoms with Gasteiger partial charge in [-0.2, -0.15) is 4.31 Å². The van der Waals surface area contributed by atoms with E-state index in [1.807, 2.05) is 0 Å². The number of sulfonamides is 2. The fourth-order valence-electron chi connectivity index (χ4n) is 4.04. The van der Waals surface area contributed by atoms with Gasteiger partial charge in [-0.15, -0.1) is 0 Å². The lowest BCUT2D eigenvalue weighted by molar-refractivity contribution is 0.0913. The number of aryl methyl sites for hydroxylation is 1. The third kappa shape index (κ3) is 6.03. The van der Waals surface area contributed by atoms with Crippen molar-refractivity contribution in [3.63, 3.8) is 0 Å². The summed E-state index contributed by atoms with van der Waals surface area (Å²) in [5, 5.41) is 0. The first-order valence-electron chi connectivity index (χ1n) is 11.1. The summed E-state index contributed by atoms with van der Waals surface area (Å²) in [7, 11) is -7.68. The molecule has 0 bridgehead atoms. The van der Waals surface area contributed by atoms with Crippen molar-refractivity contribution in [3.8, 4) is 0 Å². The minimum absolute atomic E-state index is 0.00628. The Morgan fingerprint density at radius 3 is 2.12 bits per heavy atom. The molecule has 2 aliphatic heterocycles. The van der Waals surface area contributed by atoms with Gasteiger partial charge in [0.05, 0.1) is 28.5 Å². The first-order chi connectivity index (χ1) is 15.7. The molecular weight excluding hydrogens is 468 g/mol. The van der Waals surface area contributed by atoms with Gasteiger partial charge in [0.1, 0.15) is 11.5 Å². The number of hydrogen-bond donors (Lipinski definition) is 1. The molecule has 2 aliphatic rings. The van der Waals surface area contributed by atoms with E-state index in [4.69, 9.17) is 13.9 Å². The lowest BCUT2D eigenvalue weighted by Gasteiger charge is -2.24. The van der Waals surface area contributed by atoms with Crippen LogP contribution in [0.1, 0.15) is 37.2 Å². The highest BCUT2D eigenvalue weighted by Crippen LogP contribution is 2.24. The topological polar surface area (TPSA) is 115 Å². The largest absolute Gasteiger partial charge is 0.465 e. The second kappa shape index (κ2) is 10.2. The van der Waals surface area contributed by atoms with Gasteiger partial charge in [0.2, 0.25) is 20.0 Å². The van der Waals surface area contributed by atoms with Gasteiger partial charge in [0, 0.05) is 26.3 Å². The van der Waals surface area contributed by atoms with Gasteiger partial charge in [0.25, 0.3) is 0 Å². The number of rotatable bonds is 10. The number of nitrogens with zero attached hydrogens (tertiary/aromatic N) is 1. The van der Waals surface area contributed by atoms with Crippen LogP contribution >= 0.6 is 0 Å². The number of nitrogens with one attached hydrogen (secondary N) is 1. The van der Waals surface area contributed by atoms with Gasteiger partial charge < -0.3 is 13.9 Å². The molecule has 11 heteroatoms. The predicted molar refractivity (Wildman–Crippen MR) is 121 cm³/mol. The Morgan fingerprint density at radius 2 is 1.55 bits per heavy atom. The maximum Gasteiger partial charge on any atom is 0.243 e. The predicted octanol–water partition coefficient (Wildman–Crippen LogP) is 2.42. The Labute approximate surface area is 195 Å². The molecule has 0 spiro atoms. The van der Waals surface area contributed by atoms with E-state index in [1.54, 1.807) is 19.1 Å². The van der Waals surface area contributed by atoms with Crippen LogP contribution in [0.5, 0.6) is 0 Å². The van der Waals surface area contributed by atoms with Gasteiger partial charge in [-0.1, -0.05) is 0 Å². The van der Waals surface area contributed by atoms with Gasteiger partial charge in [-0.3, -0.25) is 0 Å². The Balaban J connectivity index is 1.51. The Bertz CT molecular complexity index is 1130. The van der Waals surface area contributed by atoms with Crippen LogP contribution in [0.15, 0.2) is 50.6 Å². The molecular formula is C22H30N2O7S2. The smallest absolute Gasteiger partial charge is 0.243 e. The van der Waals surface area contributed by atoms with E-state index in [0.717, 1.165) is 25.7 Å². The molecule has 1 aromatic heterocycles. The zero-order valence-electron chi connectivity index (χ0n) is 18.6. The van der Waals surface area contributed by atoms with Crippen molar-refractivity contribution < 1.29 is 30.7 Å². The molecule has 0 radical (unpaired) electrons. The van der Waals surface area contributed by atoms with Crippen molar-refractivity contribution in [3.05, 3.63) is 47.9 Å². The van der Waals surface area contributed by atoms with Crippen LogP contribution in [0.3, 0.4) is 0 Å². The minimum Gasteiger partial charge on any atom is -0.465 e. The lowest BCUT2D eigenvalue weighted by atomic mass is 10.2. The minimum atomic E-state index is -3.91. The molecule has 2 aromatic rings. The summed E-state index contributed by atoms with van der Waals surface area (Å²) < 4.78 is 72.7. The second-order valence-electron chi connectivity index (χ2n) is 8.40. The van der Waals surface area contributed by atoms with Crippen LogP contribution in [0, 0.1) is 6.92 Å². The van der Waals surface area contributed by atoms with Crippen molar-refractivity contribution in [2.24, 2.45) is 0 Å². The molecule has 1 aromatic carbocycles. The van der Waals surface area contributed by atoms with Crippen molar-refractivity contribution in [1.82, 2.24) is 9.03 Å². The number of benzene rings is 1. The van der Waals surface area contributed by atoms with Gasteiger partial charge in [-0.05, 0) is 69.0 Å². The van der Waals surface area contributed by atoms with Gasteiger partial charge >= 0.3 is 0 Å². The summed E-state index contributed by atoms with van der Waals surface area (Å²) in [5.74, 6) is 1.23. The van der Waals surface area contributed by atoms with Crippen LogP contribution in [-0.4, -0.2) is 59.7 Å². The van der Waals surface area contributed by atoms with E-state index in [2.05, 4.69) is 4.72 Å². The summed E-state index contributed by atoms with van der Waals surface area (Å²) >= 11 is 0. The molecule has 182 valence electrons. The van der Waals surface area contributed by atoms with E-state index >= 15 is 0 Å². The highest BCUT2D eigenvalue weighted by Gasteiger charge is 2.30. The zero-order valence-corrected chi connectivity index (χ0v) is 20.2. The van der Waals surface area contributed by atoms with Crippen molar-refractivity contribution in [1.29, 1.82) is 0 Å². The van der Waals surface area contributed by atoms with E-state index in [-0.39, 0.29) is 41.6 Å². The van der Waals surface area contributed by atoms with Crippen molar-refractivity contribution >= 4 is 20.0 Å². The van der Waals surface area contributed by atoms with Crippen LogP contribution in [0.4, 0.5) is 0 Å². The van der Waals surface area contributed by atoms with Gasteiger partial charge in [-0.25, -0.2) is 21.6 Å². The zero-order chi connectivity index (χ0) is 23.5. The lowest BCUT2D eigenvalue weighted by Crippen LogP contribution is -2.37. The van der Waals surface area contributed by atoms with Crippen molar-refractivity contribution in [2.75, 3.05) is 26.3 Å². The number of furan rings is 1. The third-order valence-electron chi connectivity index (χ3n) is 5.86. The summed E-state index contributed by atoms with van der Waals surface area (Å²) in [4.78, 5) is 0.0219. The molecule has 0 aliphatic carbocycles. The second-order valence-corrected chi connectivity index (χ2v) is 12.1. The maximum atomic E-state index is 13.4. The summed E-state index contributed by atoms with van der Waals surface area (Å²) in [5.41, 5.74) is 0. The fraction of sp³-hybridized carbons (Fsp3) is 0.545. The molecule has 9 nitrogen and oxygen atoms in total. The molecule has 33 heavy (non-hydrogen) atoms. The first kappa shape index (κ1) is 24.4. The highest BCUT2D eigenvalue weighted by molar-refractivity contribution is 7.89. The van der Waals surface area contributed by atoms with E-state index in [0.29, 0.717) is 24.7 Å². The monoisotopic (exact) mass is 498 g/mol. The number of ether oxygens (including phenoxy) is 2. The van der Waals surface area contributed by atoms with E-state index in [9.17, 15) is 16.8 Å². The maximum absolute atomic E-state index is 13.4. The molecule has 2 atom stereocenters. The average molecular weight is 499 g/mol. The Hall–Kier alpha value is -1.76. The molecule has 1 N–H and O–H groups in total. The average Bonchev–Trinajstić information content (AvgIpc) is 3.56. The Kier molecular flexibility index (Phi) is 7.56. The molecule has 3 heterocycles. The first-order valence-corrected chi connectivity index (χ1v) is 14.0. The summed E-state index contributed by atoms with van der Waals surface area (Å²) in [6, 6.07) is 8.81. The molecule has 0 saturated carbocycles. The molecule has 0 unspecified atom stereocenters. The van der Waals surface area contributed by atoms with Crippen LogP contribution in [0.25, 0.3) is 0 Å². The Morgan fingerprint density at radius 1 is 0.909 bits per heavy atom. The molecule has 4 rings (SSSR count). The standard InChI is InChI=1S/C22H30N2O7S2/c1-17-6-7-20(31-17)16-24(15-19-5-3-13-30-19)33(27,28)22-10-8-21(9-11-22)32(25,26)23-14-18-4-2-12-29-18/h6-11,18-19,23H,2-5,12-16H2,1H3/t18-,19+/m0/s1. The quantitative estimate of drug-likeness (QED) is 0.535. The molecule has 2 saturated heterocycles. The third-order valence-corrected chi connectivity index (χ3v) is 9.12.